The van der Waals surface area contributed by atoms with Crippen LogP contribution in [-0.2, 0) is 16.2 Å². The summed E-state index contributed by atoms with van der Waals surface area (Å²) < 4.78 is 0. The van der Waals surface area contributed by atoms with E-state index in [1.54, 1.807) is 0 Å². The van der Waals surface area contributed by atoms with Crippen LogP contribution in [0.2, 0.25) is 0 Å². The Bertz CT molecular complexity index is 1320. The average Bonchev–Trinajstić information content (AvgIpc) is 2.83. The molecule has 4 aromatic carbocycles. The first-order chi connectivity index (χ1) is 17.2. The Morgan fingerprint density at radius 3 is 1.49 bits per heavy atom. The molecule has 0 unspecified atom stereocenters. The van der Waals surface area contributed by atoms with Gasteiger partial charge in [-0.25, -0.2) is 0 Å². The van der Waals surface area contributed by atoms with Crippen LogP contribution in [0.5, 0.6) is 0 Å². The van der Waals surface area contributed by atoms with Gasteiger partial charge in [0.1, 0.15) is 0 Å². The second-order valence-electron chi connectivity index (χ2n) is 13.4. The van der Waals surface area contributed by atoms with Gasteiger partial charge in [-0.15, -0.1) is 0 Å². The van der Waals surface area contributed by atoms with Gasteiger partial charge in [0.15, 0.2) is 0 Å². The van der Waals surface area contributed by atoms with E-state index in [9.17, 15) is 0 Å². The maximum absolute atomic E-state index is 3.70. The van der Waals surface area contributed by atoms with Crippen molar-refractivity contribution in [3.63, 3.8) is 0 Å². The summed E-state index contributed by atoms with van der Waals surface area (Å²) in [6.45, 7) is 20.6. The Balaban J connectivity index is 1.69. The van der Waals surface area contributed by atoms with Gasteiger partial charge in [0, 0.05) is 16.9 Å². The molecule has 0 radical (unpaired) electrons. The number of anilines is 2. The SMILES string of the molecule is CC(C)(C)c1cc(-c2ccc(Nc3ccc(C(C)(C)C)cc3-c3ccccc3)cc2)cc(C(C)(C)C)c1. The van der Waals surface area contributed by atoms with Crippen molar-refractivity contribution < 1.29 is 0 Å². The molecule has 0 saturated heterocycles. The van der Waals surface area contributed by atoms with Gasteiger partial charge in [-0.1, -0.05) is 129 Å². The predicted molar refractivity (Wildman–Crippen MR) is 163 cm³/mol. The van der Waals surface area contributed by atoms with Crippen molar-refractivity contribution in [3.8, 4) is 22.3 Å². The van der Waals surface area contributed by atoms with Crippen LogP contribution in [0.25, 0.3) is 22.3 Å². The Kier molecular flexibility index (Phi) is 7.12. The van der Waals surface area contributed by atoms with E-state index in [0.29, 0.717) is 0 Å². The van der Waals surface area contributed by atoms with Crippen LogP contribution in [0.1, 0.15) is 79.0 Å². The minimum Gasteiger partial charge on any atom is -0.355 e. The molecular formula is C36H43N. The van der Waals surface area contributed by atoms with Gasteiger partial charge in [0.25, 0.3) is 0 Å². The van der Waals surface area contributed by atoms with Crippen LogP contribution in [0.4, 0.5) is 11.4 Å². The summed E-state index contributed by atoms with van der Waals surface area (Å²) in [4.78, 5) is 0. The van der Waals surface area contributed by atoms with Gasteiger partial charge in [0.05, 0.1) is 0 Å². The molecule has 0 bridgehead atoms. The fraction of sp³-hybridized carbons (Fsp3) is 0.333. The highest BCUT2D eigenvalue weighted by Gasteiger charge is 2.21. The Morgan fingerprint density at radius 2 is 0.973 bits per heavy atom. The molecule has 4 rings (SSSR count). The van der Waals surface area contributed by atoms with E-state index < -0.39 is 0 Å². The lowest BCUT2D eigenvalue weighted by Gasteiger charge is -2.26. The third-order valence-electron chi connectivity index (χ3n) is 7.13. The van der Waals surface area contributed by atoms with E-state index in [1.807, 2.05) is 0 Å². The van der Waals surface area contributed by atoms with E-state index in [1.165, 1.54) is 38.9 Å². The van der Waals surface area contributed by atoms with Crippen molar-refractivity contribution in [3.05, 3.63) is 108 Å². The van der Waals surface area contributed by atoms with Crippen LogP contribution in [0.3, 0.4) is 0 Å². The van der Waals surface area contributed by atoms with Crippen molar-refractivity contribution in [2.24, 2.45) is 0 Å². The minimum atomic E-state index is 0.0945. The van der Waals surface area contributed by atoms with E-state index in [-0.39, 0.29) is 16.2 Å². The first kappa shape index (κ1) is 26.7. The van der Waals surface area contributed by atoms with E-state index in [4.69, 9.17) is 0 Å². The zero-order valence-corrected chi connectivity index (χ0v) is 24.2. The van der Waals surface area contributed by atoms with E-state index in [0.717, 1.165) is 11.4 Å². The van der Waals surface area contributed by atoms with Gasteiger partial charge in [0.2, 0.25) is 0 Å². The van der Waals surface area contributed by atoms with Crippen molar-refractivity contribution in [1.82, 2.24) is 0 Å². The molecule has 0 saturated carbocycles. The molecule has 0 heterocycles. The summed E-state index contributed by atoms with van der Waals surface area (Å²) in [5, 5.41) is 3.70. The highest BCUT2D eigenvalue weighted by atomic mass is 14.9. The second kappa shape index (κ2) is 9.86. The molecule has 1 heteroatoms. The molecule has 1 N–H and O–H groups in total. The summed E-state index contributed by atoms with van der Waals surface area (Å²) >= 11 is 0. The fourth-order valence-corrected chi connectivity index (χ4v) is 4.54. The van der Waals surface area contributed by atoms with Gasteiger partial charge in [-0.05, 0) is 73.9 Å². The highest BCUT2D eigenvalue weighted by Crippen LogP contribution is 2.37. The first-order valence-electron chi connectivity index (χ1n) is 13.5. The Labute approximate surface area is 225 Å². The van der Waals surface area contributed by atoms with Crippen LogP contribution < -0.4 is 5.32 Å². The maximum Gasteiger partial charge on any atom is 0.0464 e. The molecule has 0 atom stereocenters. The lowest BCUT2D eigenvalue weighted by atomic mass is 9.79. The van der Waals surface area contributed by atoms with Crippen molar-refractivity contribution in [1.29, 1.82) is 0 Å². The second-order valence-corrected chi connectivity index (χ2v) is 13.4. The number of hydrogen-bond acceptors (Lipinski definition) is 1. The highest BCUT2D eigenvalue weighted by molar-refractivity contribution is 5.82. The molecule has 0 spiro atoms. The number of benzene rings is 4. The van der Waals surface area contributed by atoms with Crippen LogP contribution in [0, 0.1) is 0 Å². The van der Waals surface area contributed by atoms with Gasteiger partial charge >= 0.3 is 0 Å². The Hall–Kier alpha value is -3.32. The van der Waals surface area contributed by atoms with Gasteiger partial charge < -0.3 is 5.32 Å². The van der Waals surface area contributed by atoms with Crippen LogP contribution in [0.15, 0.2) is 91.0 Å². The summed E-state index contributed by atoms with van der Waals surface area (Å²) in [5.41, 5.74) is 11.6. The maximum atomic E-state index is 3.70. The van der Waals surface area contributed by atoms with Crippen molar-refractivity contribution >= 4 is 11.4 Å². The lowest BCUT2D eigenvalue weighted by molar-refractivity contribution is 0.569. The third-order valence-corrected chi connectivity index (χ3v) is 7.13. The smallest absolute Gasteiger partial charge is 0.0464 e. The number of hydrogen-bond donors (Lipinski definition) is 1. The third kappa shape index (κ3) is 6.34. The zero-order valence-electron chi connectivity index (χ0n) is 24.2. The van der Waals surface area contributed by atoms with Crippen LogP contribution >= 0.6 is 0 Å². The summed E-state index contributed by atoms with van der Waals surface area (Å²) in [6.07, 6.45) is 0. The summed E-state index contributed by atoms with van der Waals surface area (Å²) in [7, 11) is 0. The Morgan fingerprint density at radius 1 is 0.432 bits per heavy atom. The molecule has 4 aromatic rings. The standard InChI is InChI=1S/C36H43N/c1-34(2,3)28-17-20-33(32(24-28)26-13-11-10-12-14-26)37-31-18-15-25(16-19-31)27-21-29(35(4,5)6)23-30(22-27)36(7,8)9/h10-24,37H,1-9H3. The van der Waals surface area contributed by atoms with Gasteiger partial charge in [-0.2, -0.15) is 0 Å². The number of rotatable bonds is 4. The van der Waals surface area contributed by atoms with Crippen molar-refractivity contribution in [2.45, 2.75) is 78.6 Å². The lowest BCUT2D eigenvalue weighted by Crippen LogP contribution is -2.16. The van der Waals surface area contributed by atoms with E-state index in [2.05, 4.69) is 159 Å². The van der Waals surface area contributed by atoms with Gasteiger partial charge in [-0.3, -0.25) is 0 Å². The molecule has 0 aromatic heterocycles. The molecule has 192 valence electrons. The molecule has 0 fully saturated rings. The quantitative estimate of drug-likeness (QED) is 0.300. The molecule has 0 aliphatic heterocycles. The fourth-order valence-electron chi connectivity index (χ4n) is 4.54. The normalized spacial score (nSPS) is 12.5. The average molecular weight is 490 g/mol. The zero-order chi connectivity index (χ0) is 27.0. The predicted octanol–water partition coefficient (Wildman–Crippen LogP) is 10.7. The number of nitrogens with one attached hydrogen (secondary N) is 1. The largest absolute Gasteiger partial charge is 0.355 e. The minimum absolute atomic E-state index is 0.0945. The molecule has 37 heavy (non-hydrogen) atoms. The first-order valence-corrected chi connectivity index (χ1v) is 13.5. The molecular weight excluding hydrogens is 446 g/mol. The van der Waals surface area contributed by atoms with Crippen molar-refractivity contribution in [2.75, 3.05) is 5.32 Å². The molecule has 1 nitrogen and oxygen atoms in total. The molecule has 0 aliphatic rings. The topological polar surface area (TPSA) is 12.0 Å². The van der Waals surface area contributed by atoms with Crippen LogP contribution in [-0.4, -0.2) is 0 Å². The monoisotopic (exact) mass is 489 g/mol. The molecule has 0 amide bonds. The summed E-state index contributed by atoms with van der Waals surface area (Å²) in [5.74, 6) is 0. The van der Waals surface area contributed by atoms with E-state index >= 15 is 0 Å². The summed E-state index contributed by atoms with van der Waals surface area (Å²) in [6, 6.07) is 33.4. The molecule has 0 aliphatic carbocycles.